The van der Waals surface area contributed by atoms with E-state index in [1.807, 2.05) is 6.26 Å². The van der Waals surface area contributed by atoms with Gasteiger partial charge in [-0.2, -0.15) is 11.8 Å². The largest absolute Gasteiger partial charge is 0.480 e. The number of nitrogens with one attached hydrogen (secondary N) is 2. The molecule has 0 aliphatic carbocycles. The van der Waals surface area contributed by atoms with Crippen LogP contribution in [0.2, 0.25) is 0 Å². The Hall–Kier alpha value is -1.32. The standard InChI is InChI=1S/C13H26N4O4S/c1-22-7-10(13(20)21)16-8-17-12(19)9(14)5-3-2-4-6-11(15)18/h9-10,16H,2-8,14H2,1H3,(H2,15,18)(H,17,19)(H,20,21). The number of carbonyl (C=O) groups excluding carboxylic acids is 2. The van der Waals surface area contributed by atoms with E-state index in [1.54, 1.807) is 0 Å². The number of hydrogen-bond acceptors (Lipinski definition) is 6. The lowest BCUT2D eigenvalue weighted by Gasteiger charge is -2.16. The van der Waals surface area contributed by atoms with Crippen molar-refractivity contribution in [2.45, 2.75) is 44.2 Å². The Morgan fingerprint density at radius 2 is 1.91 bits per heavy atom. The molecule has 0 bridgehead atoms. The summed E-state index contributed by atoms with van der Waals surface area (Å²) in [5, 5.41) is 14.2. The van der Waals surface area contributed by atoms with Crippen LogP contribution in [0.4, 0.5) is 0 Å². The molecule has 2 atom stereocenters. The molecule has 0 fully saturated rings. The quantitative estimate of drug-likeness (QED) is 0.219. The predicted molar refractivity (Wildman–Crippen MR) is 86.2 cm³/mol. The van der Waals surface area contributed by atoms with Gasteiger partial charge < -0.3 is 21.9 Å². The van der Waals surface area contributed by atoms with Gasteiger partial charge in [-0.1, -0.05) is 12.8 Å². The summed E-state index contributed by atoms with van der Waals surface area (Å²) in [6, 6.07) is -1.35. The summed E-state index contributed by atoms with van der Waals surface area (Å²) < 4.78 is 0. The first kappa shape index (κ1) is 20.7. The predicted octanol–water partition coefficient (Wildman–Crippen LogP) is -0.771. The maximum atomic E-state index is 11.7. The Labute approximate surface area is 134 Å². The number of thioether (sulfide) groups is 1. The second-order valence-corrected chi connectivity index (χ2v) is 5.85. The van der Waals surface area contributed by atoms with Crippen LogP contribution in [0.3, 0.4) is 0 Å². The molecule has 0 saturated carbocycles. The summed E-state index contributed by atoms with van der Waals surface area (Å²) in [7, 11) is 0. The van der Waals surface area contributed by atoms with E-state index in [0.29, 0.717) is 25.0 Å². The molecule has 8 nitrogen and oxygen atoms in total. The molecular weight excluding hydrogens is 308 g/mol. The lowest BCUT2D eigenvalue weighted by molar-refractivity contribution is -0.139. The first-order valence-electron chi connectivity index (χ1n) is 7.15. The van der Waals surface area contributed by atoms with E-state index >= 15 is 0 Å². The summed E-state index contributed by atoms with van der Waals surface area (Å²) in [6.07, 6.45) is 4.89. The number of hydrogen-bond donors (Lipinski definition) is 5. The van der Waals surface area contributed by atoms with E-state index in [0.717, 1.165) is 12.8 Å². The van der Waals surface area contributed by atoms with Crippen LogP contribution >= 0.6 is 11.8 Å². The molecule has 0 aliphatic rings. The summed E-state index contributed by atoms with van der Waals surface area (Å²) in [6.45, 7) is 0.0612. The van der Waals surface area contributed by atoms with Crippen molar-refractivity contribution in [3.05, 3.63) is 0 Å². The van der Waals surface area contributed by atoms with E-state index in [4.69, 9.17) is 16.6 Å². The Kier molecular flexibility index (Phi) is 11.5. The molecule has 0 radical (unpaired) electrons. The van der Waals surface area contributed by atoms with E-state index in [9.17, 15) is 14.4 Å². The molecule has 7 N–H and O–H groups in total. The number of amides is 2. The first-order valence-corrected chi connectivity index (χ1v) is 8.54. The topological polar surface area (TPSA) is 148 Å². The van der Waals surface area contributed by atoms with Crippen LogP contribution in [0.5, 0.6) is 0 Å². The van der Waals surface area contributed by atoms with Gasteiger partial charge in [-0.05, 0) is 19.1 Å². The molecule has 0 aromatic heterocycles. The van der Waals surface area contributed by atoms with Crippen molar-refractivity contribution in [3.8, 4) is 0 Å². The second kappa shape index (κ2) is 12.2. The number of rotatable bonds is 13. The van der Waals surface area contributed by atoms with Gasteiger partial charge in [-0.3, -0.25) is 19.7 Å². The maximum Gasteiger partial charge on any atom is 0.321 e. The van der Waals surface area contributed by atoms with Gasteiger partial charge in [0.1, 0.15) is 6.04 Å². The van der Waals surface area contributed by atoms with Crippen molar-refractivity contribution >= 4 is 29.5 Å². The zero-order valence-electron chi connectivity index (χ0n) is 12.8. The number of nitrogens with two attached hydrogens (primary N) is 2. The molecule has 0 aromatic carbocycles. The molecule has 9 heteroatoms. The third-order valence-corrected chi connectivity index (χ3v) is 3.68. The van der Waals surface area contributed by atoms with E-state index in [-0.39, 0.29) is 18.5 Å². The first-order chi connectivity index (χ1) is 10.4. The van der Waals surface area contributed by atoms with E-state index < -0.39 is 18.1 Å². The van der Waals surface area contributed by atoms with Gasteiger partial charge in [0.05, 0.1) is 12.7 Å². The lowest BCUT2D eigenvalue weighted by Crippen LogP contribution is -2.48. The van der Waals surface area contributed by atoms with Gasteiger partial charge in [0.15, 0.2) is 0 Å². The van der Waals surface area contributed by atoms with Gasteiger partial charge in [-0.25, -0.2) is 0 Å². The zero-order valence-corrected chi connectivity index (χ0v) is 13.7. The summed E-state index contributed by atoms with van der Waals surface area (Å²) in [4.78, 5) is 33.2. The molecule has 128 valence electrons. The molecule has 0 aromatic rings. The van der Waals surface area contributed by atoms with Gasteiger partial charge >= 0.3 is 5.97 Å². The SMILES string of the molecule is CSCC(NCNC(=O)C(N)CCCCCC(N)=O)C(=O)O. The number of primary amides is 1. The average Bonchev–Trinajstić information content (AvgIpc) is 2.45. The molecule has 22 heavy (non-hydrogen) atoms. The Morgan fingerprint density at radius 1 is 1.23 bits per heavy atom. The molecule has 2 unspecified atom stereocenters. The highest BCUT2D eigenvalue weighted by Gasteiger charge is 2.17. The molecule has 2 amide bonds. The molecule has 0 heterocycles. The minimum absolute atomic E-state index is 0.0612. The van der Waals surface area contributed by atoms with Crippen molar-refractivity contribution in [2.24, 2.45) is 11.5 Å². The van der Waals surface area contributed by atoms with Crippen LogP contribution in [-0.2, 0) is 14.4 Å². The number of unbranched alkanes of at least 4 members (excludes halogenated alkanes) is 2. The Morgan fingerprint density at radius 3 is 2.45 bits per heavy atom. The van der Waals surface area contributed by atoms with Crippen LogP contribution in [0, 0.1) is 0 Å². The van der Waals surface area contributed by atoms with Gasteiger partial charge in [0.2, 0.25) is 11.8 Å². The van der Waals surface area contributed by atoms with Gasteiger partial charge in [0.25, 0.3) is 0 Å². The normalized spacial score (nSPS) is 13.4. The van der Waals surface area contributed by atoms with Crippen molar-refractivity contribution in [3.63, 3.8) is 0 Å². The third kappa shape index (κ3) is 10.4. The average molecular weight is 334 g/mol. The van der Waals surface area contributed by atoms with Crippen molar-refractivity contribution in [1.82, 2.24) is 10.6 Å². The number of aliphatic carboxylic acids is 1. The fourth-order valence-corrected chi connectivity index (χ4v) is 2.34. The fraction of sp³-hybridized carbons (Fsp3) is 0.769. The number of carbonyl (C=O) groups is 3. The van der Waals surface area contributed by atoms with Crippen LogP contribution in [0.1, 0.15) is 32.1 Å². The summed E-state index contributed by atoms with van der Waals surface area (Å²) in [5.74, 6) is -1.19. The van der Waals surface area contributed by atoms with Crippen molar-refractivity contribution in [2.75, 3.05) is 18.7 Å². The molecular formula is C13H26N4O4S. The third-order valence-electron chi connectivity index (χ3n) is 3.02. The monoisotopic (exact) mass is 334 g/mol. The summed E-state index contributed by atoms with van der Waals surface area (Å²) in [5.41, 5.74) is 10.8. The molecule has 0 aliphatic heterocycles. The van der Waals surface area contributed by atoms with Crippen LogP contribution < -0.4 is 22.1 Å². The maximum absolute atomic E-state index is 11.7. The number of carboxylic acids is 1. The smallest absolute Gasteiger partial charge is 0.321 e. The molecule has 0 saturated heterocycles. The van der Waals surface area contributed by atoms with Crippen LogP contribution in [-0.4, -0.2) is 53.7 Å². The molecule has 0 rings (SSSR count). The van der Waals surface area contributed by atoms with E-state index in [1.165, 1.54) is 11.8 Å². The summed E-state index contributed by atoms with van der Waals surface area (Å²) >= 11 is 1.41. The minimum atomic E-state index is -0.956. The zero-order chi connectivity index (χ0) is 17.0. The highest BCUT2D eigenvalue weighted by atomic mass is 32.2. The van der Waals surface area contributed by atoms with Crippen LogP contribution in [0.25, 0.3) is 0 Å². The minimum Gasteiger partial charge on any atom is -0.480 e. The van der Waals surface area contributed by atoms with Crippen molar-refractivity contribution < 1.29 is 19.5 Å². The lowest BCUT2D eigenvalue weighted by atomic mass is 10.1. The van der Waals surface area contributed by atoms with Crippen molar-refractivity contribution in [1.29, 1.82) is 0 Å². The van der Waals surface area contributed by atoms with Gasteiger partial charge in [0, 0.05) is 12.2 Å². The molecule has 0 spiro atoms. The van der Waals surface area contributed by atoms with Crippen LogP contribution in [0.15, 0.2) is 0 Å². The number of carboxylic acid groups (broad SMARTS) is 1. The van der Waals surface area contributed by atoms with E-state index in [2.05, 4.69) is 10.6 Å². The van der Waals surface area contributed by atoms with Gasteiger partial charge in [-0.15, -0.1) is 0 Å². The highest BCUT2D eigenvalue weighted by Crippen LogP contribution is 2.04. The highest BCUT2D eigenvalue weighted by molar-refractivity contribution is 7.98. The Balaban J connectivity index is 3.81. The fourth-order valence-electron chi connectivity index (χ4n) is 1.75. The second-order valence-electron chi connectivity index (χ2n) is 4.94. The Bertz CT molecular complexity index is 368.